The van der Waals surface area contributed by atoms with Crippen LogP contribution in [0.5, 0.6) is 5.75 Å². The van der Waals surface area contributed by atoms with Gasteiger partial charge in [0.2, 0.25) is 0 Å². The molecule has 0 spiro atoms. The smallest absolute Gasteiger partial charge is 0.406 e. The number of halogens is 3. The van der Waals surface area contributed by atoms with E-state index in [-0.39, 0.29) is 11.7 Å². The second kappa shape index (κ2) is 6.97. The van der Waals surface area contributed by atoms with Crippen LogP contribution in [0.1, 0.15) is 39.2 Å². The molecule has 0 aliphatic carbocycles. The molecule has 0 saturated heterocycles. The van der Waals surface area contributed by atoms with Crippen LogP contribution in [0.3, 0.4) is 0 Å². The van der Waals surface area contributed by atoms with Crippen LogP contribution in [0, 0.1) is 5.92 Å². The van der Waals surface area contributed by atoms with Crippen molar-refractivity contribution in [3.8, 4) is 5.75 Å². The second-order valence-corrected chi connectivity index (χ2v) is 5.45. The topological polar surface area (TPSA) is 21.3 Å². The van der Waals surface area contributed by atoms with Crippen molar-refractivity contribution in [2.24, 2.45) is 5.92 Å². The summed E-state index contributed by atoms with van der Waals surface area (Å²) < 4.78 is 40.6. The molecule has 0 amide bonds. The fraction of sp³-hybridized carbons (Fsp3) is 0.600. The molecule has 5 heteroatoms. The zero-order valence-electron chi connectivity index (χ0n) is 12.3. The first-order valence-electron chi connectivity index (χ1n) is 6.78. The van der Waals surface area contributed by atoms with Gasteiger partial charge in [0, 0.05) is 6.04 Å². The molecule has 0 fully saturated rings. The second-order valence-electron chi connectivity index (χ2n) is 5.45. The average Bonchev–Trinajstić information content (AvgIpc) is 2.33. The third-order valence-electron chi connectivity index (χ3n) is 3.32. The molecule has 2 atom stereocenters. The Kier molecular flexibility index (Phi) is 5.87. The maximum atomic E-state index is 12.2. The predicted molar refractivity (Wildman–Crippen MR) is 73.8 cm³/mol. The molecule has 0 radical (unpaired) electrons. The van der Waals surface area contributed by atoms with Gasteiger partial charge < -0.3 is 10.1 Å². The van der Waals surface area contributed by atoms with Gasteiger partial charge in [0.25, 0.3) is 0 Å². The van der Waals surface area contributed by atoms with E-state index >= 15 is 0 Å². The van der Waals surface area contributed by atoms with Crippen LogP contribution >= 0.6 is 0 Å². The Morgan fingerprint density at radius 2 is 1.80 bits per heavy atom. The van der Waals surface area contributed by atoms with Gasteiger partial charge in [0.1, 0.15) is 5.75 Å². The molecule has 0 saturated carbocycles. The van der Waals surface area contributed by atoms with Gasteiger partial charge in [-0.3, -0.25) is 0 Å². The van der Waals surface area contributed by atoms with E-state index in [4.69, 9.17) is 0 Å². The third kappa shape index (κ3) is 5.82. The molecule has 0 aliphatic heterocycles. The van der Waals surface area contributed by atoms with Gasteiger partial charge in [0.05, 0.1) is 0 Å². The fourth-order valence-corrected chi connectivity index (χ4v) is 1.92. The van der Waals surface area contributed by atoms with Crippen LogP contribution in [-0.4, -0.2) is 18.9 Å². The molecule has 2 nitrogen and oxygen atoms in total. The molecular weight excluding hydrogens is 267 g/mol. The monoisotopic (exact) mass is 289 g/mol. The van der Waals surface area contributed by atoms with Gasteiger partial charge in [-0.2, -0.15) is 0 Å². The van der Waals surface area contributed by atoms with Gasteiger partial charge in [-0.05, 0) is 36.1 Å². The molecule has 1 N–H and O–H groups in total. The summed E-state index contributed by atoms with van der Waals surface area (Å²) in [4.78, 5) is 0. The Morgan fingerprint density at radius 1 is 1.15 bits per heavy atom. The summed E-state index contributed by atoms with van der Waals surface area (Å²) in [5.41, 5.74) is 0.852. The average molecular weight is 289 g/mol. The van der Waals surface area contributed by atoms with Crippen molar-refractivity contribution in [1.29, 1.82) is 0 Å². The molecule has 0 aliphatic rings. The van der Waals surface area contributed by atoms with Crippen molar-refractivity contribution in [2.45, 2.75) is 46.0 Å². The number of alkyl halides is 3. The summed E-state index contributed by atoms with van der Waals surface area (Å²) in [5.74, 6) is 0.308. The van der Waals surface area contributed by atoms with Crippen molar-refractivity contribution in [3.63, 3.8) is 0 Å². The zero-order chi connectivity index (χ0) is 15.3. The lowest BCUT2D eigenvalue weighted by molar-refractivity contribution is -0.274. The van der Waals surface area contributed by atoms with Crippen molar-refractivity contribution in [1.82, 2.24) is 5.32 Å². The van der Waals surface area contributed by atoms with Crippen LogP contribution < -0.4 is 10.1 Å². The van der Waals surface area contributed by atoms with E-state index < -0.39 is 6.36 Å². The minimum atomic E-state index is -4.65. The predicted octanol–water partition coefficient (Wildman–Crippen LogP) is 4.32. The van der Waals surface area contributed by atoms with E-state index in [1.165, 1.54) is 12.1 Å². The van der Waals surface area contributed by atoms with Gasteiger partial charge in [0.15, 0.2) is 0 Å². The summed E-state index contributed by atoms with van der Waals surface area (Å²) in [6.07, 6.45) is -4.65. The minimum Gasteiger partial charge on any atom is -0.406 e. The molecule has 1 rings (SSSR count). The standard InChI is InChI=1S/C15H22F3NO/c1-10(2)19-9-11(3)12(4)13-6-5-7-14(8-13)20-15(16,17)18/h5-8,10-12,19H,9H2,1-4H3. The molecule has 20 heavy (non-hydrogen) atoms. The first-order valence-corrected chi connectivity index (χ1v) is 6.78. The van der Waals surface area contributed by atoms with E-state index in [0.29, 0.717) is 12.0 Å². The van der Waals surface area contributed by atoms with Crippen LogP contribution in [0.15, 0.2) is 24.3 Å². The summed E-state index contributed by atoms with van der Waals surface area (Å²) in [7, 11) is 0. The van der Waals surface area contributed by atoms with Crippen molar-refractivity contribution in [2.75, 3.05) is 6.54 Å². The van der Waals surface area contributed by atoms with E-state index in [1.54, 1.807) is 6.07 Å². The first-order chi connectivity index (χ1) is 9.19. The molecule has 2 unspecified atom stereocenters. The number of ether oxygens (including phenoxy) is 1. The number of rotatable bonds is 6. The van der Waals surface area contributed by atoms with Crippen LogP contribution in [-0.2, 0) is 0 Å². The summed E-state index contributed by atoms with van der Waals surface area (Å²) in [6.45, 7) is 9.05. The molecule has 0 heterocycles. The van der Waals surface area contributed by atoms with Crippen molar-refractivity contribution < 1.29 is 17.9 Å². The highest BCUT2D eigenvalue weighted by molar-refractivity contribution is 5.31. The van der Waals surface area contributed by atoms with E-state index in [9.17, 15) is 13.2 Å². The van der Waals surface area contributed by atoms with Gasteiger partial charge in [-0.15, -0.1) is 13.2 Å². The number of nitrogens with one attached hydrogen (secondary N) is 1. The minimum absolute atomic E-state index is 0.151. The Morgan fingerprint density at radius 3 is 2.35 bits per heavy atom. The molecule has 0 bridgehead atoms. The Labute approximate surface area is 118 Å². The Hall–Kier alpha value is -1.23. The number of hydrogen-bond donors (Lipinski definition) is 1. The molecule has 0 aromatic heterocycles. The largest absolute Gasteiger partial charge is 0.573 e. The lowest BCUT2D eigenvalue weighted by atomic mass is 9.88. The highest BCUT2D eigenvalue weighted by Crippen LogP contribution is 2.29. The Balaban J connectivity index is 2.72. The summed E-state index contributed by atoms with van der Waals surface area (Å²) in [6, 6.07) is 6.60. The van der Waals surface area contributed by atoms with Gasteiger partial charge in [-0.1, -0.05) is 39.8 Å². The van der Waals surface area contributed by atoms with Crippen LogP contribution in [0.2, 0.25) is 0 Å². The quantitative estimate of drug-likeness (QED) is 0.842. The van der Waals surface area contributed by atoms with Crippen LogP contribution in [0.4, 0.5) is 13.2 Å². The fourth-order valence-electron chi connectivity index (χ4n) is 1.92. The maximum absolute atomic E-state index is 12.2. The van der Waals surface area contributed by atoms with Gasteiger partial charge in [-0.25, -0.2) is 0 Å². The van der Waals surface area contributed by atoms with E-state index in [1.807, 2.05) is 13.0 Å². The highest BCUT2D eigenvalue weighted by Gasteiger charge is 2.31. The van der Waals surface area contributed by atoms with Crippen LogP contribution in [0.25, 0.3) is 0 Å². The lowest BCUT2D eigenvalue weighted by Crippen LogP contribution is -2.29. The SMILES string of the molecule is CC(C)NCC(C)C(C)c1cccc(OC(F)(F)F)c1. The van der Waals surface area contributed by atoms with Crippen molar-refractivity contribution >= 4 is 0 Å². The zero-order valence-corrected chi connectivity index (χ0v) is 12.3. The molecule has 1 aromatic rings. The Bertz CT molecular complexity index is 418. The highest BCUT2D eigenvalue weighted by atomic mass is 19.4. The first kappa shape index (κ1) is 16.8. The summed E-state index contributed by atoms with van der Waals surface area (Å²) >= 11 is 0. The maximum Gasteiger partial charge on any atom is 0.573 e. The molecule has 1 aromatic carbocycles. The van der Waals surface area contributed by atoms with Gasteiger partial charge >= 0.3 is 6.36 Å². The molecule has 114 valence electrons. The number of hydrogen-bond acceptors (Lipinski definition) is 2. The van der Waals surface area contributed by atoms with Crippen molar-refractivity contribution in [3.05, 3.63) is 29.8 Å². The lowest BCUT2D eigenvalue weighted by Gasteiger charge is -2.22. The van der Waals surface area contributed by atoms with E-state index in [0.717, 1.165) is 12.1 Å². The molecular formula is C15H22F3NO. The number of benzene rings is 1. The van der Waals surface area contributed by atoms with E-state index in [2.05, 4.69) is 30.8 Å². The summed E-state index contributed by atoms with van der Waals surface area (Å²) in [5, 5.41) is 3.34. The normalized spacial score (nSPS) is 15.2. The third-order valence-corrected chi connectivity index (χ3v) is 3.32.